The number of fused-ring (bicyclic) bond motifs is 1. The van der Waals surface area contributed by atoms with Crippen LogP contribution in [0.2, 0.25) is 0 Å². The number of hydrogen-bond donors (Lipinski definition) is 1. The van der Waals surface area contributed by atoms with E-state index in [1.54, 1.807) is 0 Å². The largest absolute Gasteiger partial charge is 0.456 e. The normalized spacial score (nSPS) is 14.4. The molecule has 3 aromatic rings. The molecule has 34 heavy (non-hydrogen) atoms. The molecule has 2 aromatic carbocycles. The fraction of sp³-hybridized carbons (Fsp3) is 0.414. The lowest BCUT2D eigenvalue weighted by Gasteiger charge is -2.29. The Balaban J connectivity index is 0.000000481. The Labute approximate surface area is 208 Å². The van der Waals surface area contributed by atoms with Crippen molar-refractivity contribution in [3.05, 3.63) is 59.2 Å². The van der Waals surface area contributed by atoms with Gasteiger partial charge >= 0.3 is 0 Å². The van der Waals surface area contributed by atoms with Gasteiger partial charge in [0.2, 0.25) is 0 Å². The summed E-state index contributed by atoms with van der Waals surface area (Å²) in [6, 6.07) is 19.0. The number of piperidine rings is 1. The lowest BCUT2D eigenvalue weighted by molar-refractivity contribution is 0.567. The summed E-state index contributed by atoms with van der Waals surface area (Å²) in [7, 11) is 0. The Morgan fingerprint density at radius 2 is 1.76 bits per heavy atom. The SMILES string of the molecule is C/C(=C(/C#N)SN)c1ccc(-c2ccc3cc(N4CCCCC4)ccc3c2)o1.CCCC(C)C. The number of benzene rings is 2. The van der Waals surface area contributed by atoms with Crippen LogP contribution >= 0.6 is 11.9 Å². The molecule has 0 spiro atoms. The average molecular weight is 476 g/mol. The molecule has 4 nitrogen and oxygen atoms in total. The molecule has 1 saturated heterocycles. The van der Waals surface area contributed by atoms with Gasteiger partial charge in [-0.15, -0.1) is 0 Å². The number of nitrogens with two attached hydrogens (primary N) is 1. The third-order valence-electron chi connectivity index (χ3n) is 6.23. The summed E-state index contributed by atoms with van der Waals surface area (Å²) >= 11 is 0.947. The smallest absolute Gasteiger partial charge is 0.134 e. The molecule has 4 rings (SSSR count). The minimum atomic E-state index is 0.463. The third kappa shape index (κ3) is 6.68. The van der Waals surface area contributed by atoms with E-state index in [0.717, 1.165) is 47.9 Å². The van der Waals surface area contributed by atoms with E-state index in [1.165, 1.54) is 48.6 Å². The van der Waals surface area contributed by atoms with E-state index in [1.807, 2.05) is 19.1 Å². The van der Waals surface area contributed by atoms with Crippen LogP contribution in [0.5, 0.6) is 0 Å². The van der Waals surface area contributed by atoms with Crippen molar-refractivity contribution in [2.24, 2.45) is 11.1 Å². The van der Waals surface area contributed by atoms with Gasteiger partial charge in [0.1, 0.15) is 22.5 Å². The van der Waals surface area contributed by atoms with Gasteiger partial charge in [0, 0.05) is 29.9 Å². The Morgan fingerprint density at radius 3 is 2.38 bits per heavy atom. The fourth-order valence-electron chi connectivity index (χ4n) is 4.32. The first-order valence-electron chi connectivity index (χ1n) is 12.3. The van der Waals surface area contributed by atoms with Crippen molar-refractivity contribution in [1.82, 2.24) is 0 Å². The summed E-state index contributed by atoms with van der Waals surface area (Å²) < 4.78 is 6.00. The Morgan fingerprint density at radius 1 is 1.06 bits per heavy atom. The topological polar surface area (TPSA) is 66.2 Å². The molecule has 180 valence electrons. The van der Waals surface area contributed by atoms with E-state index in [0.29, 0.717) is 10.7 Å². The third-order valence-corrected chi connectivity index (χ3v) is 6.86. The number of furan rings is 1. The van der Waals surface area contributed by atoms with Crippen LogP contribution in [0.25, 0.3) is 27.7 Å². The molecular formula is C29H37N3OS. The molecule has 1 aromatic heterocycles. The average Bonchev–Trinajstić information content (AvgIpc) is 3.35. The van der Waals surface area contributed by atoms with Gasteiger partial charge in [0.25, 0.3) is 0 Å². The highest BCUT2D eigenvalue weighted by Crippen LogP contribution is 2.32. The Hall–Kier alpha value is -2.68. The van der Waals surface area contributed by atoms with E-state index >= 15 is 0 Å². The van der Waals surface area contributed by atoms with Gasteiger partial charge in [-0.2, -0.15) is 5.26 Å². The molecule has 0 saturated carbocycles. The minimum Gasteiger partial charge on any atom is -0.456 e. The van der Waals surface area contributed by atoms with Crippen molar-refractivity contribution in [2.75, 3.05) is 18.0 Å². The van der Waals surface area contributed by atoms with Crippen LogP contribution in [0.4, 0.5) is 5.69 Å². The maximum Gasteiger partial charge on any atom is 0.134 e. The Kier molecular flexibility index (Phi) is 9.68. The summed E-state index contributed by atoms with van der Waals surface area (Å²) in [4.78, 5) is 2.94. The number of rotatable bonds is 6. The van der Waals surface area contributed by atoms with Gasteiger partial charge in [0.15, 0.2) is 0 Å². The van der Waals surface area contributed by atoms with Gasteiger partial charge in [-0.1, -0.05) is 51.8 Å². The number of anilines is 1. The molecule has 5 heteroatoms. The van der Waals surface area contributed by atoms with Crippen LogP contribution in [0.1, 0.15) is 65.6 Å². The lowest BCUT2D eigenvalue weighted by atomic mass is 10.0. The summed E-state index contributed by atoms with van der Waals surface area (Å²) in [5, 5.41) is 17.2. The molecule has 1 aliphatic heterocycles. The van der Waals surface area contributed by atoms with E-state index in [4.69, 9.17) is 14.8 Å². The van der Waals surface area contributed by atoms with Crippen molar-refractivity contribution >= 4 is 34.0 Å². The summed E-state index contributed by atoms with van der Waals surface area (Å²) in [6.45, 7) is 10.9. The molecule has 0 aliphatic carbocycles. The van der Waals surface area contributed by atoms with Crippen LogP contribution < -0.4 is 10.0 Å². The number of allylic oxidation sites excluding steroid dienone is 2. The van der Waals surface area contributed by atoms with Gasteiger partial charge in [-0.25, -0.2) is 0 Å². The number of nitriles is 1. The predicted octanol–water partition coefficient (Wildman–Crippen LogP) is 8.39. The summed E-state index contributed by atoms with van der Waals surface area (Å²) in [5.41, 5.74) is 3.09. The highest BCUT2D eigenvalue weighted by molar-refractivity contribution is 8.01. The maximum atomic E-state index is 9.16. The Bertz CT molecular complexity index is 1150. The highest BCUT2D eigenvalue weighted by Gasteiger charge is 2.13. The molecule has 0 atom stereocenters. The van der Waals surface area contributed by atoms with Crippen molar-refractivity contribution < 1.29 is 4.42 Å². The van der Waals surface area contributed by atoms with E-state index in [2.05, 4.69) is 68.1 Å². The zero-order valence-corrected chi connectivity index (χ0v) is 21.8. The first-order valence-corrected chi connectivity index (χ1v) is 13.2. The van der Waals surface area contributed by atoms with E-state index in [-0.39, 0.29) is 0 Å². The standard InChI is InChI=1S/C23H23N3OS.C6H14/c1-16(23(15-24)28-25)21-9-10-22(27-21)19-6-5-18-14-20(8-7-17(18)13-19)26-11-3-2-4-12-26;1-4-5-6(2)3/h5-10,13-14H,2-4,11-12,25H2,1H3;6H,4-5H2,1-3H3/b23-16+;. The van der Waals surface area contributed by atoms with Crippen molar-refractivity contribution in [3.8, 4) is 17.4 Å². The first kappa shape index (κ1) is 25.9. The second-order valence-corrected chi connectivity index (χ2v) is 9.97. The molecule has 1 aliphatic rings. The van der Waals surface area contributed by atoms with Crippen LogP contribution in [-0.2, 0) is 0 Å². The van der Waals surface area contributed by atoms with Gasteiger partial charge in [0.05, 0.1) is 0 Å². The van der Waals surface area contributed by atoms with Gasteiger partial charge in [-0.05, 0) is 85.2 Å². The van der Waals surface area contributed by atoms with Crippen LogP contribution in [0, 0.1) is 17.2 Å². The molecule has 2 N–H and O–H groups in total. The molecule has 0 unspecified atom stereocenters. The summed E-state index contributed by atoms with van der Waals surface area (Å²) in [6.07, 6.45) is 6.61. The van der Waals surface area contributed by atoms with Crippen molar-refractivity contribution in [3.63, 3.8) is 0 Å². The van der Waals surface area contributed by atoms with Crippen LogP contribution in [0.3, 0.4) is 0 Å². The molecule has 2 heterocycles. The molecule has 0 radical (unpaired) electrons. The zero-order valence-electron chi connectivity index (χ0n) is 20.9. The first-order chi connectivity index (χ1) is 16.5. The second kappa shape index (κ2) is 12.7. The maximum absolute atomic E-state index is 9.16. The second-order valence-electron chi connectivity index (χ2n) is 9.32. The van der Waals surface area contributed by atoms with E-state index in [9.17, 15) is 0 Å². The van der Waals surface area contributed by atoms with Crippen molar-refractivity contribution in [1.29, 1.82) is 5.26 Å². The number of hydrogen-bond acceptors (Lipinski definition) is 5. The quantitative estimate of drug-likeness (QED) is 0.286. The minimum absolute atomic E-state index is 0.463. The summed E-state index contributed by atoms with van der Waals surface area (Å²) in [5.74, 6) is 2.36. The molecule has 0 amide bonds. The number of nitrogens with zero attached hydrogens (tertiary/aromatic N) is 2. The van der Waals surface area contributed by atoms with Crippen LogP contribution in [-0.4, -0.2) is 13.1 Å². The predicted molar refractivity (Wildman–Crippen MR) is 147 cm³/mol. The van der Waals surface area contributed by atoms with Crippen LogP contribution in [0.15, 0.2) is 57.9 Å². The molecule has 0 bridgehead atoms. The molecular weight excluding hydrogens is 438 g/mol. The van der Waals surface area contributed by atoms with Crippen molar-refractivity contribution in [2.45, 2.75) is 59.8 Å². The van der Waals surface area contributed by atoms with Gasteiger partial charge in [-0.3, -0.25) is 5.14 Å². The highest BCUT2D eigenvalue weighted by atomic mass is 32.2. The monoisotopic (exact) mass is 475 g/mol. The lowest BCUT2D eigenvalue weighted by Crippen LogP contribution is -2.29. The van der Waals surface area contributed by atoms with Gasteiger partial charge < -0.3 is 9.32 Å². The fourth-order valence-corrected chi connectivity index (χ4v) is 4.65. The van der Waals surface area contributed by atoms with E-state index < -0.39 is 0 Å². The molecule has 1 fully saturated rings. The zero-order chi connectivity index (χ0) is 24.5.